The second kappa shape index (κ2) is 6.60. The third-order valence-electron chi connectivity index (χ3n) is 4.01. The zero-order valence-electron chi connectivity index (χ0n) is 12.7. The van der Waals surface area contributed by atoms with Gasteiger partial charge >= 0.3 is 0 Å². The molecule has 0 amide bonds. The molecule has 4 heteroatoms. The second-order valence-corrected chi connectivity index (χ2v) is 5.49. The lowest BCUT2D eigenvalue weighted by Crippen LogP contribution is -2.38. The number of ether oxygens (including phenoxy) is 2. The minimum Gasteiger partial charge on any atom is -0.459 e. The van der Waals surface area contributed by atoms with Crippen LogP contribution in [0.1, 0.15) is 31.2 Å². The smallest absolute Gasteiger partial charge is 0.134 e. The lowest BCUT2D eigenvalue weighted by Gasteiger charge is -2.24. The Hall–Kier alpha value is -1.36. The number of benzene rings is 1. The molecule has 2 aromatic rings. The molecule has 0 radical (unpaired) electrons. The molecule has 21 heavy (non-hydrogen) atoms. The summed E-state index contributed by atoms with van der Waals surface area (Å²) in [4.78, 5) is 0. The normalized spacial score (nSPS) is 20.8. The van der Waals surface area contributed by atoms with Gasteiger partial charge in [-0.05, 0) is 19.4 Å². The first-order chi connectivity index (χ1) is 10.3. The Morgan fingerprint density at radius 3 is 2.90 bits per heavy atom. The predicted molar refractivity (Wildman–Crippen MR) is 82.6 cm³/mol. The molecule has 2 heterocycles. The monoisotopic (exact) mass is 289 g/mol. The number of para-hydroxylation sites is 1. The fourth-order valence-electron chi connectivity index (χ4n) is 2.89. The molecule has 1 N–H and O–H groups in total. The largest absolute Gasteiger partial charge is 0.459 e. The highest BCUT2D eigenvalue weighted by Crippen LogP contribution is 2.30. The second-order valence-electron chi connectivity index (χ2n) is 5.49. The van der Waals surface area contributed by atoms with Crippen molar-refractivity contribution in [2.24, 2.45) is 0 Å². The zero-order chi connectivity index (χ0) is 14.7. The van der Waals surface area contributed by atoms with Gasteiger partial charge in [0.1, 0.15) is 11.3 Å². The summed E-state index contributed by atoms with van der Waals surface area (Å²) in [6, 6.07) is 8.40. The molecule has 1 saturated heterocycles. The summed E-state index contributed by atoms with van der Waals surface area (Å²) in [6.45, 7) is 7.15. The van der Waals surface area contributed by atoms with Crippen molar-refractivity contribution in [2.45, 2.75) is 32.4 Å². The summed E-state index contributed by atoms with van der Waals surface area (Å²) in [5.74, 6) is 1.04. The van der Waals surface area contributed by atoms with Crippen LogP contribution in [-0.2, 0) is 15.9 Å². The molecule has 2 atom stereocenters. The van der Waals surface area contributed by atoms with Crippen LogP contribution in [0.15, 0.2) is 28.7 Å². The molecule has 0 bridgehead atoms. The van der Waals surface area contributed by atoms with Crippen LogP contribution in [0.2, 0.25) is 0 Å². The number of furan rings is 1. The summed E-state index contributed by atoms with van der Waals surface area (Å²) >= 11 is 0. The van der Waals surface area contributed by atoms with Gasteiger partial charge in [-0.2, -0.15) is 0 Å². The van der Waals surface area contributed by atoms with Gasteiger partial charge in [-0.15, -0.1) is 0 Å². The van der Waals surface area contributed by atoms with E-state index in [-0.39, 0.29) is 12.1 Å². The Bertz CT molecular complexity index is 587. The van der Waals surface area contributed by atoms with Crippen molar-refractivity contribution >= 4 is 11.0 Å². The minimum absolute atomic E-state index is 0.135. The van der Waals surface area contributed by atoms with Crippen LogP contribution in [0.4, 0.5) is 0 Å². The first kappa shape index (κ1) is 14.6. The molecule has 0 saturated carbocycles. The van der Waals surface area contributed by atoms with E-state index >= 15 is 0 Å². The highest BCUT2D eigenvalue weighted by Gasteiger charge is 2.20. The van der Waals surface area contributed by atoms with Crippen LogP contribution in [0, 0.1) is 0 Å². The van der Waals surface area contributed by atoms with Crippen molar-refractivity contribution in [3.05, 3.63) is 35.6 Å². The average Bonchev–Trinajstić information content (AvgIpc) is 2.92. The molecular weight excluding hydrogens is 266 g/mol. The van der Waals surface area contributed by atoms with Crippen molar-refractivity contribution < 1.29 is 13.9 Å². The van der Waals surface area contributed by atoms with Crippen molar-refractivity contribution in [3.63, 3.8) is 0 Å². The number of fused-ring (bicyclic) bond motifs is 1. The van der Waals surface area contributed by atoms with E-state index in [1.807, 2.05) is 12.1 Å². The summed E-state index contributed by atoms with van der Waals surface area (Å²) in [7, 11) is 0. The van der Waals surface area contributed by atoms with E-state index in [1.54, 1.807) is 0 Å². The zero-order valence-corrected chi connectivity index (χ0v) is 12.7. The Kier molecular flexibility index (Phi) is 4.58. The molecule has 3 rings (SSSR count). The maximum atomic E-state index is 6.06. The molecular formula is C17H23NO3. The van der Waals surface area contributed by atoms with Crippen LogP contribution in [0.25, 0.3) is 11.0 Å². The predicted octanol–water partition coefficient (Wildman–Crippen LogP) is 3.06. The third kappa shape index (κ3) is 3.12. The van der Waals surface area contributed by atoms with Crippen LogP contribution >= 0.6 is 0 Å². The molecule has 4 nitrogen and oxygen atoms in total. The number of hydrogen-bond acceptors (Lipinski definition) is 4. The Morgan fingerprint density at radius 2 is 2.14 bits per heavy atom. The van der Waals surface area contributed by atoms with Crippen molar-refractivity contribution in [2.75, 3.05) is 26.4 Å². The maximum Gasteiger partial charge on any atom is 0.134 e. The standard InChI is InChI=1S/C17H23NO3/c1-3-14-15-6-4-5-7-16(15)21-17(14)12(2)18-10-13-11-19-8-9-20-13/h4-7,12-13,18H,3,8-11H2,1-2H3. The molecule has 1 aromatic carbocycles. The van der Waals surface area contributed by atoms with E-state index < -0.39 is 0 Å². The lowest BCUT2D eigenvalue weighted by molar-refractivity contribution is -0.0871. The van der Waals surface area contributed by atoms with Gasteiger partial charge in [0.2, 0.25) is 0 Å². The van der Waals surface area contributed by atoms with E-state index in [0.29, 0.717) is 19.8 Å². The summed E-state index contributed by atoms with van der Waals surface area (Å²) in [6.07, 6.45) is 1.11. The molecule has 1 aliphatic rings. The Balaban J connectivity index is 1.72. The van der Waals surface area contributed by atoms with E-state index in [1.165, 1.54) is 10.9 Å². The van der Waals surface area contributed by atoms with Crippen LogP contribution < -0.4 is 5.32 Å². The summed E-state index contributed by atoms with van der Waals surface area (Å²) in [5, 5.41) is 4.73. The molecule has 0 aliphatic carbocycles. The van der Waals surface area contributed by atoms with Crippen molar-refractivity contribution in [1.82, 2.24) is 5.32 Å². The molecule has 1 aromatic heterocycles. The highest BCUT2D eigenvalue weighted by molar-refractivity contribution is 5.82. The first-order valence-corrected chi connectivity index (χ1v) is 7.72. The van der Waals surface area contributed by atoms with Gasteiger partial charge in [0.15, 0.2) is 0 Å². The van der Waals surface area contributed by atoms with Crippen molar-refractivity contribution in [1.29, 1.82) is 0 Å². The van der Waals surface area contributed by atoms with E-state index in [2.05, 4.69) is 31.3 Å². The molecule has 2 unspecified atom stereocenters. The molecule has 1 aliphatic heterocycles. The topological polar surface area (TPSA) is 43.6 Å². The number of nitrogens with one attached hydrogen (secondary N) is 1. The van der Waals surface area contributed by atoms with Crippen LogP contribution in [0.5, 0.6) is 0 Å². The Labute approximate surface area is 125 Å². The van der Waals surface area contributed by atoms with Gasteiger partial charge in [0.05, 0.1) is 32.0 Å². The fraction of sp³-hybridized carbons (Fsp3) is 0.529. The summed E-state index contributed by atoms with van der Waals surface area (Å²) < 4.78 is 17.1. The lowest BCUT2D eigenvalue weighted by atomic mass is 10.0. The molecule has 0 spiro atoms. The minimum atomic E-state index is 0.135. The van der Waals surface area contributed by atoms with Gasteiger partial charge in [-0.25, -0.2) is 0 Å². The van der Waals surface area contributed by atoms with Gasteiger partial charge in [0.25, 0.3) is 0 Å². The van der Waals surface area contributed by atoms with Crippen molar-refractivity contribution in [3.8, 4) is 0 Å². The van der Waals surface area contributed by atoms with Gasteiger partial charge < -0.3 is 19.2 Å². The molecule has 1 fully saturated rings. The third-order valence-corrected chi connectivity index (χ3v) is 4.01. The number of rotatable bonds is 5. The SMILES string of the molecule is CCc1c(C(C)NCC2COCCO2)oc2ccccc12. The number of aryl methyl sites for hydroxylation is 1. The van der Waals surface area contributed by atoms with E-state index in [4.69, 9.17) is 13.9 Å². The van der Waals surface area contributed by atoms with Crippen LogP contribution in [0.3, 0.4) is 0 Å². The molecule has 114 valence electrons. The first-order valence-electron chi connectivity index (χ1n) is 7.72. The highest BCUT2D eigenvalue weighted by atomic mass is 16.6. The van der Waals surface area contributed by atoms with Gasteiger partial charge in [-0.3, -0.25) is 0 Å². The van der Waals surface area contributed by atoms with Gasteiger partial charge in [-0.1, -0.05) is 25.1 Å². The van der Waals surface area contributed by atoms with E-state index in [0.717, 1.165) is 24.3 Å². The number of hydrogen-bond donors (Lipinski definition) is 1. The quantitative estimate of drug-likeness (QED) is 0.918. The Morgan fingerprint density at radius 1 is 1.29 bits per heavy atom. The van der Waals surface area contributed by atoms with Crippen LogP contribution in [-0.4, -0.2) is 32.5 Å². The van der Waals surface area contributed by atoms with E-state index in [9.17, 15) is 0 Å². The van der Waals surface area contributed by atoms with Gasteiger partial charge in [0, 0.05) is 17.5 Å². The fourth-order valence-corrected chi connectivity index (χ4v) is 2.89. The summed E-state index contributed by atoms with van der Waals surface area (Å²) in [5.41, 5.74) is 2.27. The average molecular weight is 289 g/mol. The maximum absolute atomic E-state index is 6.06.